The van der Waals surface area contributed by atoms with Crippen LogP contribution in [0, 0.1) is 11.7 Å². The van der Waals surface area contributed by atoms with Gasteiger partial charge in [0, 0.05) is 32.1 Å². The predicted octanol–water partition coefficient (Wildman–Crippen LogP) is 5.60. The maximum absolute atomic E-state index is 13.3. The number of pyridine rings is 1. The Morgan fingerprint density at radius 2 is 1.79 bits per heavy atom. The van der Waals surface area contributed by atoms with E-state index in [0.29, 0.717) is 36.0 Å². The van der Waals surface area contributed by atoms with Gasteiger partial charge in [-0.15, -0.1) is 0 Å². The molecule has 0 unspecified atom stereocenters. The second-order valence-corrected chi connectivity index (χ2v) is 11.3. The van der Waals surface area contributed by atoms with Gasteiger partial charge in [0.25, 0.3) is 5.91 Å². The average Bonchev–Trinajstić information content (AvgIpc) is 3.16. The van der Waals surface area contributed by atoms with Crippen molar-refractivity contribution in [2.45, 2.75) is 44.4 Å². The molecule has 0 saturated carbocycles. The van der Waals surface area contributed by atoms with Crippen molar-refractivity contribution in [3.63, 3.8) is 0 Å². The first-order chi connectivity index (χ1) is 16.1. The third-order valence-electron chi connectivity index (χ3n) is 6.06. The molecule has 0 bridgehead atoms. The summed E-state index contributed by atoms with van der Waals surface area (Å²) < 4.78 is 32.8. The number of hydrogen-bond donors (Lipinski definition) is 3. The van der Waals surface area contributed by atoms with Crippen molar-refractivity contribution in [3.05, 3.63) is 94.6 Å². The smallest absolute Gasteiger partial charge is 0.253 e. The number of nitrogens with one attached hydrogen (secondary N) is 1. The minimum atomic E-state index is -2.75. The molecule has 1 aliphatic rings. The van der Waals surface area contributed by atoms with Gasteiger partial charge in [0.1, 0.15) is 5.82 Å². The Morgan fingerprint density at radius 3 is 2.41 bits per heavy atom. The summed E-state index contributed by atoms with van der Waals surface area (Å²) in [6, 6.07) is 15.5. The van der Waals surface area contributed by atoms with Crippen LogP contribution >= 0.6 is 10.6 Å². The second-order valence-electron chi connectivity index (χ2n) is 9.15. The van der Waals surface area contributed by atoms with Gasteiger partial charge in [-0.1, -0.05) is 38.1 Å². The largest absolute Gasteiger partial charge is 0.348 e. The molecule has 0 radical (unpaired) electrons. The van der Waals surface area contributed by atoms with E-state index in [0.717, 1.165) is 22.4 Å². The zero-order chi connectivity index (χ0) is 24.5. The van der Waals surface area contributed by atoms with E-state index in [1.807, 2.05) is 6.07 Å². The van der Waals surface area contributed by atoms with Gasteiger partial charge in [-0.25, -0.2) is 4.39 Å². The van der Waals surface area contributed by atoms with Crippen LogP contribution in [-0.4, -0.2) is 31.2 Å². The summed E-state index contributed by atoms with van der Waals surface area (Å²) in [7, 11) is -2.75. The Balaban J connectivity index is 1.45. The summed E-state index contributed by atoms with van der Waals surface area (Å²) in [5, 5.41) is 2.91. The number of halogens is 1. The summed E-state index contributed by atoms with van der Waals surface area (Å²) in [5.41, 5.74) is 4.42. The first kappa shape index (κ1) is 24.3. The first-order valence-electron chi connectivity index (χ1n) is 11.2. The third-order valence-corrected chi connectivity index (χ3v) is 7.23. The van der Waals surface area contributed by atoms with E-state index >= 15 is 0 Å². The van der Waals surface area contributed by atoms with Crippen LogP contribution in [0.2, 0.25) is 0 Å². The molecule has 1 amide bonds. The lowest BCUT2D eigenvalue weighted by Gasteiger charge is -2.27. The van der Waals surface area contributed by atoms with Gasteiger partial charge in [0.15, 0.2) is 0 Å². The molecule has 2 heterocycles. The Kier molecular flexibility index (Phi) is 7.04. The molecule has 2 aromatic carbocycles. The molecule has 0 aliphatic carbocycles. The number of hydrogen-bond acceptors (Lipinski definition) is 5. The Morgan fingerprint density at radius 1 is 1.15 bits per heavy atom. The molecular weight excluding hydrogens is 453 g/mol. The number of fused-ring (bicyclic) bond motifs is 1. The zero-order valence-corrected chi connectivity index (χ0v) is 20.3. The van der Waals surface area contributed by atoms with Crippen molar-refractivity contribution in [2.24, 2.45) is 5.92 Å². The standard InChI is InChI=1S/C26H30FN3O3S/c1-17(2)25-24-21(16-30(25)15-19-4-8-22(27)9-5-19)12-20(14-28-24)26(31)29-13-18-6-10-23(11-7-18)34(3,32)33/h4-12,14,17,25,32-33H,13,15-16H2,1-3H3,(H,29,31)/t25-/m0/s1. The SMILES string of the molecule is CC(C)[C@H]1c2ncc(C(=O)NCc3ccc(S(C)(O)O)cc3)cc2CN1Cc1ccc(F)cc1. The van der Waals surface area contributed by atoms with Crippen LogP contribution in [0.25, 0.3) is 0 Å². The van der Waals surface area contributed by atoms with Crippen molar-refractivity contribution in [3.8, 4) is 0 Å². The van der Waals surface area contributed by atoms with Gasteiger partial charge in [-0.2, -0.15) is 10.6 Å². The van der Waals surface area contributed by atoms with E-state index in [1.54, 1.807) is 42.6 Å². The van der Waals surface area contributed by atoms with Crippen molar-refractivity contribution < 1.29 is 18.3 Å². The number of benzene rings is 2. The highest BCUT2D eigenvalue weighted by Gasteiger charge is 2.34. The highest BCUT2D eigenvalue weighted by atomic mass is 32.3. The summed E-state index contributed by atoms with van der Waals surface area (Å²) in [6.07, 6.45) is 3.01. The third kappa shape index (κ3) is 5.47. The number of rotatable bonds is 7. The van der Waals surface area contributed by atoms with Gasteiger partial charge in [0.05, 0.1) is 22.2 Å². The second kappa shape index (κ2) is 9.84. The van der Waals surface area contributed by atoms with Crippen molar-refractivity contribution in [1.29, 1.82) is 0 Å². The number of nitrogens with zero attached hydrogens (tertiary/aromatic N) is 2. The van der Waals surface area contributed by atoms with Gasteiger partial charge in [-0.3, -0.25) is 23.8 Å². The van der Waals surface area contributed by atoms with Gasteiger partial charge in [-0.05, 0) is 52.9 Å². The van der Waals surface area contributed by atoms with Crippen molar-refractivity contribution >= 4 is 16.5 Å². The van der Waals surface area contributed by atoms with E-state index in [2.05, 4.69) is 29.0 Å². The molecule has 3 N–H and O–H groups in total. The fraction of sp³-hybridized carbons (Fsp3) is 0.308. The number of carbonyl (C=O) groups is 1. The lowest BCUT2D eigenvalue weighted by atomic mass is 9.99. The monoisotopic (exact) mass is 483 g/mol. The Labute approximate surface area is 201 Å². The predicted molar refractivity (Wildman–Crippen MR) is 132 cm³/mol. The van der Waals surface area contributed by atoms with E-state index in [-0.39, 0.29) is 17.8 Å². The fourth-order valence-electron chi connectivity index (χ4n) is 4.39. The van der Waals surface area contributed by atoms with E-state index in [1.165, 1.54) is 18.4 Å². The normalized spacial score (nSPS) is 16.5. The van der Waals surface area contributed by atoms with Gasteiger partial charge < -0.3 is 5.32 Å². The number of carbonyl (C=O) groups excluding carboxylic acids is 1. The van der Waals surface area contributed by atoms with E-state index in [9.17, 15) is 18.3 Å². The van der Waals surface area contributed by atoms with Crippen LogP contribution in [0.3, 0.4) is 0 Å². The quantitative estimate of drug-likeness (QED) is 0.407. The first-order valence-corrected chi connectivity index (χ1v) is 13.1. The maximum atomic E-state index is 13.3. The summed E-state index contributed by atoms with van der Waals surface area (Å²) in [6.45, 7) is 5.99. The molecule has 4 rings (SSSR count). The number of amides is 1. The highest BCUT2D eigenvalue weighted by molar-refractivity contribution is 8.23. The molecule has 180 valence electrons. The summed E-state index contributed by atoms with van der Waals surface area (Å²) in [5.74, 6) is -0.126. The Hall–Kier alpha value is -2.78. The fourth-order valence-corrected chi connectivity index (χ4v) is 5.05. The van der Waals surface area contributed by atoms with Crippen LogP contribution in [0.15, 0.2) is 65.7 Å². The van der Waals surface area contributed by atoms with Crippen LogP contribution in [-0.2, 0) is 19.6 Å². The molecule has 6 nitrogen and oxygen atoms in total. The molecule has 34 heavy (non-hydrogen) atoms. The summed E-state index contributed by atoms with van der Waals surface area (Å²) >= 11 is 0. The van der Waals surface area contributed by atoms with Crippen molar-refractivity contribution in [1.82, 2.24) is 15.2 Å². The maximum Gasteiger partial charge on any atom is 0.253 e. The average molecular weight is 484 g/mol. The molecule has 8 heteroatoms. The highest BCUT2D eigenvalue weighted by Crippen LogP contribution is 2.43. The molecule has 0 fully saturated rings. The van der Waals surface area contributed by atoms with Crippen LogP contribution in [0.5, 0.6) is 0 Å². The zero-order valence-electron chi connectivity index (χ0n) is 19.5. The molecule has 0 saturated heterocycles. The van der Waals surface area contributed by atoms with E-state index < -0.39 is 10.6 Å². The lowest BCUT2D eigenvalue weighted by Crippen LogP contribution is -2.25. The van der Waals surface area contributed by atoms with Gasteiger partial charge in [0.2, 0.25) is 0 Å². The topological polar surface area (TPSA) is 85.7 Å². The van der Waals surface area contributed by atoms with E-state index in [4.69, 9.17) is 0 Å². The van der Waals surface area contributed by atoms with Crippen LogP contribution < -0.4 is 5.32 Å². The minimum Gasteiger partial charge on any atom is -0.348 e. The molecular formula is C26H30FN3O3S. The minimum absolute atomic E-state index is 0.126. The molecule has 1 atom stereocenters. The van der Waals surface area contributed by atoms with Crippen LogP contribution in [0.1, 0.15) is 52.6 Å². The van der Waals surface area contributed by atoms with Crippen LogP contribution in [0.4, 0.5) is 4.39 Å². The number of aromatic nitrogens is 1. The molecule has 0 spiro atoms. The molecule has 3 aromatic rings. The Bertz CT molecular complexity index is 1160. The molecule has 1 aromatic heterocycles. The summed E-state index contributed by atoms with van der Waals surface area (Å²) in [4.78, 5) is 20.2. The molecule has 1 aliphatic heterocycles. The van der Waals surface area contributed by atoms with Gasteiger partial charge >= 0.3 is 0 Å². The lowest BCUT2D eigenvalue weighted by molar-refractivity contribution is 0.0950. The van der Waals surface area contributed by atoms with Crippen molar-refractivity contribution in [2.75, 3.05) is 6.26 Å².